The van der Waals surface area contributed by atoms with Crippen LogP contribution in [0.4, 0.5) is 0 Å². The Morgan fingerprint density at radius 1 is 1.11 bits per heavy atom. The average molecular weight is 503 g/mol. The van der Waals surface area contributed by atoms with Gasteiger partial charge < -0.3 is 19.5 Å². The number of allylic oxidation sites excluding steroid dienone is 2. The largest absolute Gasteiger partial charge is 0.857 e. The number of rotatable bonds is 8. The topological polar surface area (TPSA) is 57.1 Å². The zero-order valence-electron chi connectivity index (χ0n) is 22.7. The molecular weight excluding hydrogens is 460 g/mol. The molecule has 1 aliphatic heterocycles. The van der Waals surface area contributed by atoms with Crippen LogP contribution >= 0.6 is 12.4 Å². The Morgan fingerprint density at radius 2 is 1.77 bits per heavy atom. The molecule has 1 atom stereocenters. The van der Waals surface area contributed by atoms with E-state index in [1.165, 1.54) is 5.56 Å². The van der Waals surface area contributed by atoms with Crippen molar-refractivity contribution in [1.29, 1.82) is 0 Å². The maximum absolute atomic E-state index is 13.2. The van der Waals surface area contributed by atoms with Gasteiger partial charge in [0.25, 0.3) is 0 Å². The third-order valence-electron chi connectivity index (χ3n) is 6.53. The predicted molar refractivity (Wildman–Crippen MR) is 145 cm³/mol. The van der Waals surface area contributed by atoms with Crippen molar-refractivity contribution in [3.05, 3.63) is 58.7 Å². The van der Waals surface area contributed by atoms with E-state index in [-0.39, 0.29) is 35.1 Å². The molecule has 1 heterocycles. The van der Waals surface area contributed by atoms with E-state index in [4.69, 9.17) is 14.5 Å². The van der Waals surface area contributed by atoms with Gasteiger partial charge in [-0.2, -0.15) is 0 Å². The van der Waals surface area contributed by atoms with Crippen LogP contribution in [0.25, 0.3) is 0 Å². The van der Waals surface area contributed by atoms with Crippen LogP contribution in [0.3, 0.4) is 0 Å². The molecule has 194 valence electrons. The summed E-state index contributed by atoms with van der Waals surface area (Å²) in [5.41, 5.74) is 2.63. The lowest BCUT2D eigenvalue weighted by molar-refractivity contribution is -0.302. The molecule has 3 rings (SSSR count). The van der Waals surface area contributed by atoms with Gasteiger partial charge in [0.2, 0.25) is 0 Å². The van der Waals surface area contributed by atoms with E-state index >= 15 is 0 Å². The summed E-state index contributed by atoms with van der Waals surface area (Å²) < 4.78 is 12.2. The Balaban J connectivity index is 0.00000432. The van der Waals surface area contributed by atoms with Crippen LogP contribution in [0, 0.1) is 16.7 Å². The highest BCUT2D eigenvalue weighted by molar-refractivity contribution is 5.95. The molecule has 0 spiro atoms. The maximum Gasteiger partial charge on any atom is 0.302 e. The van der Waals surface area contributed by atoms with Gasteiger partial charge in [0, 0.05) is 13.0 Å². The highest BCUT2D eigenvalue weighted by Gasteiger charge is 2.41. The average Bonchev–Trinajstić information content (AvgIpc) is 3.22. The van der Waals surface area contributed by atoms with E-state index < -0.39 is 0 Å². The van der Waals surface area contributed by atoms with Gasteiger partial charge >= 0.3 is 5.90 Å². The van der Waals surface area contributed by atoms with Gasteiger partial charge in [-0.3, -0.25) is 0 Å². The van der Waals surface area contributed by atoms with Crippen LogP contribution in [-0.4, -0.2) is 43.6 Å². The number of halogens is 1. The van der Waals surface area contributed by atoms with Gasteiger partial charge in [0.05, 0.1) is 30.6 Å². The van der Waals surface area contributed by atoms with Crippen LogP contribution in [0.15, 0.2) is 52.2 Å². The van der Waals surface area contributed by atoms with Crippen LogP contribution in [-0.2, 0) is 11.3 Å². The van der Waals surface area contributed by atoms with Crippen molar-refractivity contribution < 1.29 is 14.6 Å². The lowest BCUT2D eigenvalue weighted by Crippen LogP contribution is -2.31. The lowest BCUT2D eigenvalue weighted by Gasteiger charge is -2.34. The molecule has 1 aromatic rings. The van der Waals surface area contributed by atoms with Gasteiger partial charge in [0.1, 0.15) is 23.8 Å². The van der Waals surface area contributed by atoms with Gasteiger partial charge in [-0.1, -0.05) is 39.8 Å². The van der Waals surface area contributed by atoms with E-state index in [9.17, 15) is 5.11 Å². The number of hydrogen-bond acceptors (Lipinski definition) is 5. The summed E-state index contributed by atoms with van der Waals surface area (Å²) in [6, 6.07) is 8.32. The molecule has 5 nitrogen and oxygen atoms in total. The molecular formula is C29H43ClN2O3. The molecule has 0 bridgehead atoms. The molecule has 6 heteroatoms. The van der Waals surface area contributed by atoms with Crippen molar-refractivity contribution in [1.82, 2.24) is 4.90 Å². The summed E-state index contributed by atoms with van der Waals surface area (Å²) in [7, 11) is 2.12. The summed E-state index contributed by atoms with van der Waals surface area (Å²) >= 11 is 0. The number of nitrogens with zero attached hydrogens (tertiary/aromatic N) is 2. The fraction of sp³-hybridized carbons (Fsp3) is 0.586. The first-order chi connectivity index (χ1) is 15.9. The van der Waals surface area contributed by atoms with E-state index in [2.05, 4.69) is 72.5 Å². The molecule has 35 heavy (non-hydrogen) atoms. The van der Waals surface area contributed by atoms with E-state index in [0.717, 1.165) is 42.3 Å². The first kappa shape index (κ1) is 29.1. The van der Waals surface area contributed by atoms with Crippen LogP contribution < -0.4 is 9.84 Å². The minimum Gasteiger partial charge on any atom is -0.857 e. The van der Waals surface area contributed by atoms with Crippen molar-refractivity contribution in [3.63, 3.8) is 0 Å². The first-order valence-corrected chi connectivity index (χ1v) is 12.5. The number of benzene rings is 1. The fourth-order valence-corrected chi connectivity index (χ4v) is 4.19. The number of ether oxygens (including phenoxy) is 2. The molecule has 2 aliphatic rings. The van der Waals surface area contributed by atoms with Crippen molar-refractivity contribution in [2.45, 2.75) is 74.0 Å². The molecule has 1 unspecified atom stereocenters. The second kappa shape index (κ2) is 11.7. The molecule has 1 aromatic carbocycles. The molecule has 0 radical (unpaired) electrons. The molecule has 0 aromatic heterocycles. The Hall–Kier alpha value is -2.11. The molecule has 0 fully saturated rings. The normalized spacial score (nSPS) is 18.8. The Bertz CT molecular complexity index is 936. The standard InChI is InChI=1S/C29H42N2O3.ClH/c1-9-31(8)19-20-10-12-22(13-11-20)33-15-14-23-18-30-27(34-23)21-16-24(28(2,3)4)26(32)25(17-21)29(5,6)7;/h10-13,16,23H,9,14-15,17-19H2,1-8H3;1H. The SMILES string of the molecule is CCN(C)Cc1ccc(OCCC2CN=C([C+]3C=C(C(C)(C)C)C([O-])=C(C(C)(C)C)C3)O2)cc1.Cl. The second-order valence-corrected chi connectivity index (χ2v) is 11.6. The molecule has 0 saturated carbocycles. The van der Waals surface area contributed by atoms with Crippen LogP contribution in [0.1, 0.15) is 66.9 Å². The third-order valence-corrected chi connectivity index (χ3v) is 6.53. The molecule has 0 saturated heterocycles. The van der Waals surface area contributed by atoms with Crippen LogP contribution in [0.5, 0.6) is 5.75 Å². The van der Waals surface area contributed by atoms with Gasteiger partial charge in [-0.25, -0.2) is 4.99 Å². The summed E-state index contributed by atoms with van der Waals surface area (Å²) in [4.78, 5) is 6.97. The van der Waals surface area contributed by atoms with E-state index in [1.807, 2.05) is 18.2 Å². The predicted octanol–water partition coefficient (Wildman–Crippen LogP) is 5.74. The summed E-state index contributed by atoms with van der Waals surface area (Å²) in [5.74, 6) is 2.76. The summed E-state index contributed by atoms with van der Waals surface area (Å²) in [5, 5.41) is 13.2. The number of hydrogen-bond donors (Lipinski definition) is 0. The minimum atomic E-state index is -0.229. The highest BCUT2D eigenvalue weighted by atomic mass is 35.5. The first-order valence-electron chi connectivity index (χ1n) is 12.5. The van der Waals surface area contributed by atoms with Gasteiger partial charge in [-0.15, -0.1) is 12.4 Å². The lowest BCUT2D eigenvalue weighted by atomic mass is 9.71. The molecule has 0 amide bonds. The molecule has 0 N–H and O–H groups in total. The molecule has 1 aliphatic carbocycles. The monoisotopic (exact) mass is 502 g/mol. The van der Waals surface area contributed by atoms with Crippen molar-refractivity contribution >= 4 is 18.3 Å². The second-order valence-electron chi connectivity index (χ2n) is 11.6. The van der Waals surface area contributed by atoms with E-state index in [1.54, 1.807) is 0 Å². The smallest absolute Gasteiger partial charge is 0.302 e. The highest BCUT2D eigenvalue weighted by Crippen LogP contribution is 2.44. The Morgan fingerprint density at radius 3 is 2.34 bits per heavy atom. The minimum absolute atomic E-state index is 0. The summed E-state index contributed by atoms with van der Waals surface area (Å²) in [6.45, 7) is 17.9. The van der Waals surface area contributed by atoms with Crippen molar-refractivity contribution in [2.24, 2.45) is 15.8 Å². The van der Waals surface area contributed by atoms with Crippen molar-refractivity contribution in [2.75, 3.05) is 26.7 Å². The fourth-order valence-electron chi connectivity index (χ4n) is 4.19. The Kier molecular flexibility index (Phi) is 9.78. The summed E-state index contributed by atoms with van der Waals surface area (Å²) in [6.07, 6.45) is 3.39. The maximum atomic E-state index is 13.2. The Labute approximate surface area is 218 Å². The quantitative estimate of drug-likeness (QED) is 0.425. The third kappa shape index (κ3) is 7.68. The van der Waals surface area contributed by atoms with Crippen LogP contribution in [0.2, 0.25) is 0 Å². The number of aliphatic imine (C=N–C) groups is 1. The van der Waals surface area contributed by atoms with Gasteiger partial charge in [-0.05, 0) is 68.8 Å². The van der Waals surface area contributed by atoms with Crippen molar-refractivity contribution in [3.8, 4) is 5.75 Å². The zero-order valence-corrected chi connectivity index (χ0v) is 23.6. The van der Waals surface area contributed by atoms with E-state index in [0.29, 0.717) is 25.5 Å². The van der Waals surface area contributed by atoms with Gasteiger partial charge in [0.15, 0.2) is 0 Å². The zero-order chi connectivity index (χ0) is 25.1.